The van der Waals surface area contributed by atoms with E-state index in [0.29, 0.717) is 5.92 Å². The van der Waals surface area contributed by atoms with Gasteiger partial charge in [0.05, 0.1) is 5.56 Å². The molecule has 19 heavy (non-hydrogen) atoms. The standard InChI is InChI=1S/C15H23IN2O/c1-12(2)11-18(10-9-17(3)4)15(19)13-7-5-6-8-14(13)16/h5-8,12H,9-11H2,1-4H3. The summed E-state index contributed by atoms with van der Waals surface area (Å²) in [6.07, 6.45) is 0. The van der Waals surface area contributed by atoms with Gasteiger partial charge in [-0.15, -0.1) is 0 Å². The van der Waals surface area contributed by atoms with Gasteiger partial charge in [0.1, 0.15) is 0 Å². The molecule has 1 aromatic carbocycles. The minimum Gasteiger partial charge on any atom is -0.337 e. The molecule has 4 heteroatoms. The van der Waals surface area contributed by atoms with Crippen molar-refractivity contribution in [3.05, 3.63) is 33.4 Å². The lowest BCUT2D eigenvalue weighted by atomic mass is 10.1. The molecule has 1 rings (SSSR count). The molecular formula is C15H23IN2O. The number of carbonyl (C=O) groups is 1. The van der Waals surface area contributed by atoms with Crippen molar-refractivity contribution >= 4 is 28.5 Å². The summed E-state index contributed by atoms with van der Waals surface area (Å²) in [5.74, 6) is 0.619. The lowest BCUT2D eigenvalue weighted by Crippen LogP contribution is -2.39. The number of amides is 1. The summed E-state index contributed by atoms with van der Waals surface area (Å²) in [7, 11) is 4.06. The third-order valence-corrected chi connectivity index (χ3v) is 3.73. The van der Waals surface area contributed by atoms with Gasteiger partial charge in [0.15, 0.2) is 0 Å². The molecule has 0 heterocycles. The number of carbonyl (C=O) groups excluding carboxylic acids is 1. The maximum absolute atomic E-state index is 12.6. The van der Waals surface area contributed by atoms with Gasteiger partial charge in [-0.05, 0) is 54.7 Å². The fraction of sp³-hybridized carbons (Fsp3) is 0.533. The average molecular weight is 374 g/mol. The van der Waals surface area contributed by atoms with Crippen LogP contribution >= 0.6 is 22.6 Å². The van der Waals surface area contributed by atoms with Gasteiger partial charge in [0.25, 0.3) is 5.91 Å². The van der Waals surface area contributed by atoms with Crippen LogP contribution < -0.4 is 0 Å². The normalized spacial score (nSPS) is 11.1. The molecule has 0 N–H and O–H groups in total. The first-order valence-electron chi connectivity index (χ1n) is 6.60. The summed E-state index contributed by atoms with van der Waals surface area (Å²) in [5.41, 5.74) is 0.808. The quantitative estimate of drug-likeness (QED) is 0.715. The first-order chi connectivity index (χ1) is 8.91. The van der Waals surface area contributed by atoms with E-state index in [2.05, 4.69) is 41.3 Å². The summed E-state index contributed by atoms with van der Waals surface area (Å²) in [4.78, 5) is 16.7. The number of hydrogen-bond donors (Lipinski definition) is 0. The molecule has 0 aliphatic heterocycles. The molecule has 0 fully saturated rings. The van der Waals surface area contributed by atoms with Crippen LogP contribution in [0.15, 0.2) is 24.3 Å². The molecule has 1 aromatic rings. The van der Waals surface area contributed by atoms with Gasteiger partial charge in [-0.25, -0.2) is 0 Å². The molecule has 0 aliphatic rings. The Morgan fingerprint density at radius 1 is 1.21 bits per heavy atom. The van der Waals surface area contributed by atoms with Crippen molar-refractivity contribution in [2.45, 2.75) is 13.8 Å². The van der Waals surface area contributed by atoms with Crippen molar-refractivity contribution in [3.63, 3.8) is 0 Å². The molecule has 3 nitrogen and oxygen atoms in total. The van der Waals surface area contributed by atoms with Crippen molar-refractivity contribution < 1.29 is 4.79 Å². The Hall–Kier alpha value is -0.620. The van der Waals surface area contributed by atoms with E-state index < -0.39 is 0 Å². The minimum absolute atomic E-state index is 0.139. The molecule has 0 atom stereocenters. The number of rotatable bonds is 6. The maximum atomic E-state index is 12.6. The highest BCUT2D eigenvalue weighted by molar-refractivity contribution is 14.1. The van der Waals surface area contributed by atoms with E-state index in [1.165, 1.54) is 0 Å². The first kappa shape index (κ1) is 16.4. The zero-order valence-electron chi connectivity index (χ0n) is 12.2. The van der Waals surface area contributed by atoms with Crippen LogP contribution in [-0.4, -0.2) is 49.4 Å². The third-order valence-electron chi connectivity index (χ3n) is 2.79. The van der Waals surface area contributed by atoms with Crippen molar-refractivity contribution in [2.24, 2.45) is 5.92 Å². The Bertz CT molecular complexity index is 418. The Kier molecular flexibility index (Phi) is 6.79. The van der Waals surface area contributed by atoms with Crippen molar-refractivity contribution in [2.75, 3.05) is 33.7 Å². The van der Waals surface area contributed by atoms with E-state index in [9.17, 15) is 4.79 Å². The molecule has 0 saturated carbocycles. The van der Waals surface area contributed by atoms with Crippen molar-refractivity contribution in [1.29, 1.82) is 0 Å². The fourth-order valence-electron chi connectivity index (χ4n) is 1.84. The summed E-state index contributed by atoms with van der Waals surface area (Å²) in [5, 5.41) is 0. The van der Waals surface area contributed by atoms with Crippen molar-refractivity contribution in [1.82, 2.24) is 9.80 Å². The molecule has 0 saturated heterocycles. The number of halogens is 1. The topological polar surface area (TPSA) is 23.6 Å². The van der Waals surface area contributed by atoms with Gasteiger partial charge >= 0.3 is 0 Å². The monoisotopic (exact) mass is 374 g/mol. The SMILES string of the molecule is CC(C)CN(CCN(C)C)C(=O)c1ccccc1I. The largest absolute Gasteiger partial charge is 0.337 e. The average Bonchev–Trinajstić information content (AvgIpc) is 2.33. The number of hydrogen-bond acceptors (Lipinski definition) is 2. The van der Waals surface area contributed by atoms with Crippen LogP contribution in [0, 0.1) is 9.49 Å². The van der Waals surface area contributed by atoms with E-state index in [0.717, 1.165) is 28.8 Å². The second kappa shape index (κ2) is 7.85. The lowest BCUT2D eigenvalue weighted by molar-refractivity contribution is 0.0723. The molecular weight excluding hydrogens is 351 g/mol. The predicted octanol–water partition coefficient (Wildman–Crippen LogP) is 2.95. The Labute approximate surface area is 130 Å². The van der Waals surface area contributed by atoms with E-state index in [1.54, 1.807) is 0 Å². The van der Waals surface area contributed by atoms with Crippen LogP contribution in [0.1, 0.15) is 24.2 Å². The zero-order valence-corrected chi connectivity index (χ0v) is 14.3. The highest BCUT2D eigenvalue weighted by Crippen LogP contribution is 2.15. The fourth-order valence-corrected chi connectivity index (χ4v) is 2.46. The molecule has 106 valence electrons. The van der Waals surface area contributed by atoms with Crippen LogP contribution in [0.25, 0.3) is 0 Å². The number of likely N-dealkylation sites (N-methyl/N-ethyl adjacent to an activating group) is 1. The zero-order chi connectivity index (χ0) is 14.4. The van der Waals surface area contributed by atoms with Crippen LogP contribution in [0.2, 0.25) is 0 Å². The van der Waals surface area contributed by atoms with E-state index >= 15 is 0 Å². The second-order valence-corrected chi connectivity index (χ2v) is 6.59. The number of nitrogens with zero attached hydrogens (tertiary/aromatic N) is 2. The molecule has 0 aromatic heterocycles. The first-order valence-corrected chi connectivity index (χ1v) is 7.68. The highest BCUT2D eigenvalue weighted by Gasteiger charge is 2.18. The van der Waals surface area contributed by atoms with Gasteiger partial charge in [0, 0.05) is 23.2 Å². The van der Waals surface area contributed by atoms with E-state index in [1.807, 2.05) is 43.3 Å². The Morgan fingerprint density at radius 2 is 1.84 bits per heavy atom. The van der Waals surface area contributed by atoms with Crippen LogP contribution in [-0.2, 0) is 0 Å². The van der Waals surface area contributed by atoms with Gasteiger partial charge in [-0.1, -0.05) is 26.0 Å². The summed E-state index contributed by atoms with van der Waals surface area (Å²) in [6, 6.07) is 7.78. The Morgan fingerprint density at radius 3 is 2.37 bits per heavy atom. The molecule has 0 unspecified atom stereocenters. The van der Waals surface area contributed by atoms with E-state index in [4.69, 9.17) is 0 Å². The summed E-state index contributed by atoms with van der Waals surface area (Å²) < 4.78 is 1.02. The summed E-state index contributed by atoms with van der Waals surface area (Å²) >= 11 is 2.23. The van der Waals surface area contributed by atoms with Gasteiger partial charge in [-0.2, -0.15) is 0 Å². The third kappa shape index (κ3) is 5.48. The lowest BCUT2D eigenvalue weighted by Gasteiger charge is -2.26. The second-order valence-electron chi connectivity index (χ2n) is 5.43. The van der Waals surface area contributed by atoms with E-state index in [-0.39, 0.29) is 5.91 Å². The molecule has 0 bridgehead atoms. The van der Waals surface area contributed by atoms with Gasteiger partial charge in [0.2, 0.25) is 0 Å². The minimum atomic E-state index is 0.139. The highest BCUT2D eigenvalue weighted by atomic mass is 127. The van der Waals surface area contributed by atoms with Gasteiger partial charge in [-0.3, -0.25) is 4.79 Å². The molecule has 0 radical (unpaired) electrons. The molecule has 0 spiro atoms. The van der Waals surface area contributed by atoms with Crippen LogP contribution in [0.3, 0.4) is 0 Å². The summed E-state index contributed by atoms with van der Waals surface area (Å²) in [6.45, 7) is 6.76. The smallest absolute Gasteiger partial charge is 0.254 e. The molecule has 0 aliphatic carbocycles. The van der Waals surface area contributed by atoms with Gasteiger partial charge < -0.3 is 9.80 Å². The Balaban J connectivity index is 2.84. The van der Waals surface area contributed by atoms with Crippen LogP contribution in [0.4, 0.5) is 0 Å². The maximum Gasteiger partial charge on any atom is 0.254 e. The van der Waals surface area contributed by atoms with Crippen LogP contribution in [0.5, 0.6) is 0 Å². The van der Waals surface area contributed by atoms with Crippen molar-refractivity contribution in [3.8, 4) is 0 Å². The molecule has 1 amide bonds. The number of benzene rings is 1. The predicted molar refractivity (Wildman–Crippen MR) is 88.5 cm³/mol.